The third kappa shape index (κ3) is 5.29. The quantitative estimate of drug-likeness (QED) is 0.324. The molecular weight excluding hydrogens is 421 g/mol. The minimum atomic E-state index is -1.11. The normalized spacial score (nSPS) is 16.7. The minimum absolute atomic E-state index is 0.0304. The van der Waals surface area contributed by atoms with E-state index in [4.69, 9.17) is 0 Å². The molecule has 2 N–H and O–H groups in total. The van der Waals surface area contributed by atoms with Gasteiger partial charge in [0.05, 0.1) is 6.04 Å². The molecule has 2 amide bonds. The predicted octanol–water partition coefficient (Wildman–Crippen LogP) is 4.04. The number of piperazine rings is 1. The highest BCUT2D eigenvalue weighted by Crippen LogP contribution is 2.23. The molecule has 0 spiro atoms. The number of hydrogen-bond donors (Lipinski definition) is 2. The van der Waals surface area contributed by atoms with Gasteiger partial charge in [-0.3, -0.25) is 5.32 Å². The maximum atomic E-state index is 14.1. The molecule has 0 bridgehead atoms. The molecule has 0 saturated carbocycles. The van der Waals surface area contributed by atoms with Gasteiger partial charge in [-0.2, -0.15) is 5.26 Å². The monoisotopic (exact) mass is 444 g/mol. The summed E-state index contributed by atoms with van der Waals surface area (Å²) in [6.45, 7) is 4.75. The van der Waals surface area contributed by atoms with Crippen LogP contribution in [0.25, 0.3) is 0 Å². The molecule has 168 valence electrons. The molecule has 1 saturated heterocycles. The average Bonchev–Trinajstić information content (AvgIpc) is 2.76. The molecular formula is C22H23F3N6O. The number of hydrogen-bond acceptors (Lipinski definition) is 3. The Morgan fingerprint density at radius 1 is 1.19 bits per heavy atom. The van der Waals surface area contributed by atoms with Crippen LogP contribution < -0.4 is 10.6 Å². The number of nitrogens with one attached hydrogen (secondary N) is 2. The minimum Gasteiger partial charge on any atom is -0.335 e. The fraction of sp³-hybridized carbons (Fsp3) is 0.318. The first-order valence-electron chi connectivity index (χ1n) is 10.1. The topological polar surface area (TPSA) is 83.8 Å². The van der Waals surface area contributed by atoms with Crippen LogP contribution in [-0.4, -0.2) is 47.5 Å². The van der Waals surface area contributed by atoms with Gasteiger partial charge < -0.3 is 15.1 Å². The van der Waals surface area contributed by atoms with Crippen molar-refractivity contribution in [2.24, 2.45) is 10.9 Å². The van der Waals surface area contributed by atoms with Crippen LogP contribution in [0.3, 0.4) is 0 Å². The van der Waals surface area contributed by atoms with Gasteiger partial charge in [0.25, 0.3) is 0 Å². The highest BCUT2D eigenvalue weighted by molar-refractivity contribution is 5.90. The van der Waals surface area contributed by atoms with Crippen molar-refractivity contribution in [3.63, 3.8) is 0 Å². The number of halogens is 3. The van der Waals surface area contributed by atoms with E-state index >= 15 is 0 Å². The first-order valence-corrected chi connectivity index (χ1v) is 10.1. The second-order valence-corrected chi connectivity index (χ2v) is 7.64. The van der Waals surface area contributed by atoms with Crippen molar-refractivity contribution >= 4 is 23.4 Å². The zero-order valence-corrected chi connectivity index (χ0v) is 17.6. The van der Waals surface area contributed by atoms with Crippen molar-refractivity contribution in [2.75, 3.05) is 25.0 Å². The van der Waals surface area contributed by atoms with Crippen molar-refractivity contribution in [2.45, 2.75) is 19.9 Å². The SMILES string of the molecule is CC(C)C1CN(C(=O)Nc2cccc(F)c2)CCN1C(=Nc1cccc(F)c1F)NC#N. The van der Waals surface area contributed by atoms with Crippen LogP contribution >= 0.6 is 0 Å². The van der Waals surface area contributed by atoms with E-state index in [1.165, 1.54) is 30.3 Å². The van der Waals surface area contributed by atoms with E-state index < -0.39 is 17.5 Å². The summed E-state index contributed by atoms with van der Waals surface area (Å²) in [6, 6.07) is 8.58. The molecule has 1 unspecified atom stereocenters. The predicted molar refractivity (Wildman–Crippen MR) is 115 cm³/mol. The summed E-state index contributed by atoms with van der Waals surface area (Å²) in [7, 11) is 0. The highest BCUT2D eigenvalue weighted by atomic mass is 19.2. The smallest absolute Gasteiger partial charge is 0.321 e. The summed E-state index contributed by atoms with van der Waals surface area (Å²) in [6.07, 6.45) is 1.78. The Labute approximate surface area is 184 Å². The molecule has 3 rings (SSSR count). The molecule has 2 aromatic rings. The number of anilines is 1. The Bertz CT molecular complexity index is 1050. The lowest BCUT2D eigenvalue weighted by Gasteiger charge is -2.44. The lowest BCUT2D eigenvalue weighted by molar-refractivity contribution is 0.118. The van der Waals surface area contributed by atoms with Crippen molar-refractivity contribution < 1.29 is 18.0 Å². The van der Waals surface area contributed by atoms with Crippen LogP contribution in [0.15, 0.2) is 47.5 Å². The first kappa shape index (κ1) is 22.9. The largest absolute Gasteiger partial charge is 0.335 e. The number of carbonyl (C=O) groups is 1. The number of nitrogens with zero attached hydrogens (tertiary/aromatic N) is 4. The zero-order valence-electron chi connectivity index (χ0n) is 17.6. The molecule has 0 aromatic heterocycles. The maximum Gasteiger partial charge on any atom is 0.321 e. The van der Waals surface area contributed by atoms with Gasteiger partial charge in [0.1, 0.15) is 11.5 Å². The van der Waals surface area contributed by atoms with Gasteiger partial charge in [0.15, 0.2) is 17.8 Å². The summed E-state index contributed by atoms with van der Waals surface area (Å²) in [5, 5.41) is 14.3. The Balaban J connectivity index is 1.81. The van der Waals surface area contributed by atoms with Gasteiger partial charge in [-0.05, 0) is 36.2 Å². The van der Waals surface area contributed by atoms with E-state index in [-0.39, 0.29) is 42.7 Å². The molecule has 1 fully saturated rings. The van der Waals surface area contributed by atoms with Gasteiger partial charge in [0, 0.05) is 25.3 Å². The van der Waals surface area contributed by atoms with E-state index in [1.54, 1.807) is 22.1 Å². The Kier molecular flexibility index (Phi) is 7.20. The lowest BCUT2D eigenvalue weighted by Crippen LogP contribution is -2.60. The third-order valence-corrected chi connectivity index (χ3v) is 5.15. The highest BCUT2D eigenvalue weighted by Gasteiger charge is 2.33. The van der Waals surface area contributed by atoms with Crippen LogP contribution in [0.2, 0.25) is 0 Å². The van der Waals surface area contributed by atoms with Gasteiger partial charge in [-0.25, -0.2) is 23.0 Å². The molecule has 2 aromatic carbocycles. The average molecular weight is 444 g/mol. The fourth-order valence-corrected chi connectivity index (χ4v) is 3.50. The molecule has 32 heavy (non-hydrogen) atoms. The van der Waals surface area contributed by atoms with Crippen LogP contribution in [0, 0.1) is 34.8 Å². The summed E-state index contributed by atoms with van der Waals surface area (Å²) >= 11 is 0. The van der Waals surface area contributed by atoms with Gasteiger partial charge in [-0.15, -0.1) is 0 Å². The number of aliphatic imine (C=N–C) groups is 1. The summed E-state index contributed by atoms with van der Waals surface area (Å²) in [5.41, 5.74) is 0.102. The molecule has 1 aliphatic heterocycles. The molecule has 0 radical (unpaired) electrons. The summed E-state index contributed by atoms with van der Waals surface area (Å²) in [4.78, 5) is 20.2. The van der Waals surface area contributed by atoms with E-state index in [1.807, 2.05) is 13.8 Å². The fourth-order valence-electron chi connectivity index (χ4n) is 3.50. The summed E-state index contributed by atoms with van der Waals surface area (Å²) < 4.78 is 41.1. The van der Waals surface area contributed by atoms with E-state index in [0.717, 1.165) is 6.07 Å². The molecule has 1 aliphatic rings. The maximum absolute atomic E-state index is 14.1. The number of urea groups is 1. The van der Waals surface area contributed by atoms with E-state index in [0.29, 0.717) is 12.2 Å². The second-order valence-electron chi connectivity index (χ2n) is 7.64. The molecule has 1 heterocycles. The van der Waals surface area contributed by atoms with Crippen molar-refractivity contribution in [3.8, 4) is 6.19 Å². The van der Waals surface area contributed by atoms with Crippen molar-refractivity contribution in [3.05, 3.63) is 59.9 Å². The van der Waals surface area contributed by atoms with Crippen molar-refractivity contribution in [1.82, 2.24) is 15.1 Å². The van der Waals surface area contributed by atoms with E-state index in [9.17, 15) is 23.2 Å². The number of amides is 2. The van der Waals surface area contributed by atoms with Crippen molar-refractivity contribution in [1.29, 1.82) is 5.26 Å². The lowest BCUT2D eigenvalue weighted by atomic mass is 10.00. The second kappa shape index (κ2) is 10.0. The van der Waals surface area contributed by atoms with Gasteiger partial charge >= 0.3 is 6.03 Å². The molecule has 10 heteroatoms. The Morgan fingerprint density at radius 3 is 2.62 bits per heavy atom. The standard InChI is InChI=1S/C22H23F3N6O/c1-14(2)19-12-30(22(32)28-16-6-3-5-15(23)11-16)9-10-31(19)21(27-13-26)29-18-8-4-7-17(24)20(18)25/h3-8,11,14,19H,9-10,12H2,1-2H3,(H,27,29)(H,28,32). The number of carbonyl (C=O) groups excluding carboxylic acids is 1. The summed E-state index contributed by atoms with van der Waals surface area (Å²) in [5.74, 6) is -2.51. The van der Waals surface area contributed by atoms with Crippen LogP contribution in [-0.2, 0) is 0 Å². The van der Waals surface area contributed by atoms with E-state index in [2.05, 4.69) is 15.6 Å². The van der Waals surface area contributed by atoms with Gasteiger partial charge in [0.2, 0.25) is 5.96 Å². The number of rotatable bonds is 3. The molecule has 1 atom stereocenters. The number of nitriles is 1. The molecule has 7 nitrogen and oxygen atoms in total. The Morgan fingerprint density at radius 2 is 1.94 bits per heavy atom. The van der Waals surface area contributed by atoms with Crippen LogP contribution in [0.4, 0.5) is 29.3 Å². The Hall–Kier alpha value is -3.74. The van der Waals surface area contributed by atoms with Crippen LogP contribution in [0.5, 0.6) is 0 Å². The third-order valence-electron chi connectivity index (χ3n) is 5.15. The zero-order chi connectivity index (χ0) is 23.3. The number of benzene rings is 2. The van der Waals surface area contributed by atoms with Gasteiger partial charge in [-0.1, -0.05) is 26.0 Å². The number of guanidine groups is 1. The van der Waals surface area contributed by atoms with Crippen LogP contribution in [0.1, 0.15) is 13.8 Å². The molecule has 0 aliphatic carbocycles. The first-order chi connectivity index (χ1) is 15.3.